The Morgan fingerprint density at radius 1 is 1.27 bits per heavy atom. The lowest BCUT2D eigenvalue weighted by atomic mass is 10.2. The third-order valence-corrected chi connectivity index (χ3v) is 5.53. The number of guanidine groups is 1. The van der Waals surface area contributed by atoms with Crippen LogP contribution in [0, 0.1) is 0 Å². The maximum Gasteiger partial charge on any atom is 0.264 e. The average molecular weight is 378 g/mol. The van der Waals surface area contributed by atoms with Crippen LogP contribution in [0.3, 0.4) is 0 Å². The largest absolute Gasteiger partial charge is 0.497 e. The van der Waals surface area contributed by atoms with E-state index in [0.717, 1.165) is 26.1 Å². The van der Waals surface area contributed by atoms with E-state index in [9.17, 15) is 4.79 Å². The van der Waals surface area contributed by atoms with Gasteiger partial charge in [-0.3, -0.25) is 4.79 Å². The van der Waals surface area contributed by atoms with E-state index in [1.54, 1.807) is 43.1 Å². The van der Waals surface area contributed by atoms with Crippen molar-refractivity contribution in [1.29, 1.82) is 0 Å². The summed E-state index contributed by atoms with van der Waals surface area (Å²) >= 11 is 1.60. The number of amides is 1. The van der Waals surface area contributed by atoms with Crippen LogP contribution in [0.15, 0.2) is 34.3 Å². The summed E-state index contributed by atoms with van der Waals surface area (Å²) in [6.07, 6.45) is 1.86. The Bertz CT molecular complexity index is 697. The first kappa shape index (κ1) is 20.3. The highest BCUT2D eigenvalue weighted by molar-refractivity contribution is 8.01. The first-order chi connectivity index (χ1) is 12.3. The van der Waals surface area contributed by atoms with E-state index >= 15 is 0 Å². The second kappa shape index (κ2) is 9.05. The predicted molar refractivity (Wildman–Crippen MR) is 106 cm³/mol. The molecule has 0 aromatic heterocycles. The summed E-state index contributed by atoms with van der Waals surface area (Å²) in [4.78, 5) is 20.5. The zero-order valence-corrected chi connectivity index (χ0v) is 16.2. The second-order valence-corrected chi connectivity index (χ2v) is 8.37. The Morgan fingerprint density at radius 2 is 1.96 bits per heavy atom. The van der Waals surface area contributed by atoms with Crippen LogP contribution >= 0.6 is 11.8 Å². The summed E-state index contributed by atoms with van der Waals surface area (Å²) in [6.45, 7) is 5.16. The van der Waals surface area contributed by atoms with Gasteiger partial charge in [0.15, 0.2) is 0 Å². The number of nitrogens with two attached hydrogens (primary N) is 2. The van der Waals surface area contributed by atoms with Crippen LogP contribution < -0.4 is 16.2 Å². The van der Waals surface area contributed by atoms with Gasteiger partial charge in [-0.15, -0.1) is 11.8 Å². The quantitative estimate of drug-likeness (QED) is 0.598. The zero-order valence-electron chi connectivity index (χ0n) is 15.4. The van der Waals surface area contributed by atoms with Gasteiger partial charge >= 0.3 is 0 Å². The predicted octanol–water partition coefficient (Wildman–Crippen LogP) is 1.93. The molecule has 0 aliphatic carbocycles. The van der Waals surface area contributed by atoms with Gasteiger partial charge in [-0.05, 0) is 38.8 Å². The number of aliphatic imine (C=N–C) groups is 2. The molecule has 26 heavy (non-hydrogen) atoms. The molecule has 0 radical (unpaired) electrons. The van der Waals surface area contributed by atoms with Gasteiger partial charge in [-0.2, -0.15) is 9.98 Å². The highest BCUT2D eigenvalue weighted by Gasteiger charge is 2.32. The summed E-state index contributed by atoms with van der Waals surface area (Å²) in [5.41, 5.74) is 12.4. The molecule has 1 saturated heterocycles. The van der Waals surface area contributed by atoms with Crippen LogP contribution in [-0.2, 0) is 9.53 Å². The molecule has 1 aromatic carbocycles. The lowest BCUT2D eigenvalue weighted by molar-refractivity contribution is -0.119. The highest BCUT2D eigenvalue weighted by atomic mass is 32.2. The van der Waals surface area contributed by atoms with Crippen LogP contribution in [0.4, 0.5) is 0 Å². The first-order valence-corrected chi connectivity index (χ1v) is 9.32. The Kier molecular flexibility index (Phi) is 7.05. The topological polar surface area (TPSA) is 112 Å². The molecule has 8 heteroatoms. The lowest BCUT2D eigenvalue weighted by Gasteiger charge is -2.29. The van der Waals surface area contributed by atoms with Gasteiger partial charge in [0.05, 0.1) is 11.9 Å². The fourth-order valence-electron chi connectivity index (χ4n) is 2.49. The molecule has 0 spiro atoms. The Balaban J connectivity index is 2.07. The van der Waals surface area contributed by atoms with Crippen molar-refractivity contribution in [2.75, 3.05) is 20.3 Å². The van der Waals surface area contributed by atoms with Gasteiger partial charge in [0, 0.05) is 24.0 Å². The summed E-state index contributed by atoms with van der Waals surface area (Å²) in [5.74, 6) is 0.346. The third kappa shape index (κ3) is 5.74. The number of methoxy groups -OCH3 is 1. The summed E-state index contributed by atoms with van der Waals surface area (Å²) in [5, 5.41) is 0.379. The summed E-state index contributed by atoms with van der Waals surface area (Å²) < 4.78 is 9.82. The molecule has 0 unspecified atom stereocenters. The molecular formula is C18H26N4O3S. The number of rotatable bonds is 5. The van der Waals surface area contributed by atoms with Crippen LogP contribution in [0.1, 0.15) is 32.3 Å². The van der Waals surface area contributed by atoms with Crippen molar-refractivity contribution in [3.8, 4) is 5.75 Å². The van der Waals surface area contributed by atoms with E-state index in [1.807, 2.05) is 13.8 Å². The number of hydrogen-bond acceptors (Lipinski definition) is 4. The fraction of sp³-hybridized carbons (Fsp3) is 0.500. The zero-order chi connectivity index (χ0) is 19.2. The molecule has 1 amide bonds. The highest BCUT2D eigenvalue weighted by Crippen LogP contribution is 2.34. The molecule has 2 rings (SSSR count). The van der Waals surface area contributed by atoms with E-state index in [1.165, 1.54) is 0 Å². The van der Waals surface area contributed by atoms with E-state index in [0.29, 0.717) is 16.6 Å². The minimum atomic E-state index is -0.688. The molecule has 1 aromatic rings. The van der Waals surface area contributed by atoms with Gasteiger partial charge in [-0.1, -0.05) is 12.1 Å². The van der Waals surface area contributed by atoms with Crippen LogP contribution in [0.5, 0.6) is 5.75 Å². The minimum absolute atomic E-state index is 0.157. The summed E-state index contributed by atoms with van der Waals surface area (Å²) in [6, 6.07) is 7.11. The lowest BCUT2D eigenvalue weighted by Crippen LogP contribution is -2.33. The van der Waals surface area contributed by atoms with Gasteiger partial charge < -0.3 is 20.9 Å². The van der Waals surface area contributed by atoms with Gasteiger partial charge in [-0.25, -0.2) is 0 Å². The maximum absolute atomic E-state index is 12.5. The molecule has 1 aliphatic heterocycles. The van der Waals surface area contributed by atoms with Crippen molar-refractivity contribution in [3.05, 3.63) is 29.8 Å². The number of hydrogen-bond donors (Lipinski definition) is 2. The van der Waals surface area contributed by atoms with Crippen molar-refractivity contribution in [2.45, 2.75) is 36.7 Å². The number of nitrogens with zero attached hydrogens (tertiary/aromatic N) is 2. The molecule has 0 bridgehead atoms. The monoisotopic (exact) mass is 378 g/mol. The Morgan fingerprint density at radius 3 is 2.62 bits per heavy atom. The molecule has 0 saturated carbocycles. The van der Waals surface area contributed by atoms with Crippen LogP contribution in [0.25, 0.3) is 0 Å². The molecule has 4 N–H and O–H groups in total. The Labute approximate surface area is 158 Å². The molecule has 0 atom stereocenters. The van der Waals surface area contributed by atoms with Crippen molar-refractivity contribution >= 4 is 29.5 Å². The number of ether oxygens (including phenoxy) is 2. The van der Waals surface area contributed by atoms with Gasteiger partial charge in [0.25, 0.3) is 5.91 Å². The van der Waals surface area contributed by atoms with Crippen molar-refractivity contribution in [1.82, 2.24) is 0 Å². The fourth-order valence-corrected chi connectivity index (χ4v) is 3.90. The van der Waals surface area contributed by atoms with Crippen molar-refractivity contribution in [3.63, 3.8) is 0 Å². The number of benzene rings is 1. The van der Waals surface area contributed by atoms with Crippen LogP contribution in [-0.4, -0.2) is 48.0 Å². The van der Waals surface area contributed by atoms with E-state index in [-0.39, 0.29) is 17.7 Å². The van der Waals surface area contributed by atoms with Gasteiger partial charge in [0.1, 0.15) is 11.6 Å². The summed E-state index contributed by atoms with van der Waals surface area (Å²) in [7, 11) is 1.57. The first-order valence-electron chi connectivity index (χ1n) is 8.44. The normalized spacial score (nSPS) is 17.2. The average Bonchev–Trinajstić information content (AvgIpc) is 2.62. The second-order valence-electron chi connectivity index (χ2n) is 6.44. The molecule has 1 heterocycles. The SMILES string of the molecule is COc1cccc(/C(N)=N/C(N)=NC(=O)C(C)(C)SC2CCOCC2)c1. The van der Waals surface area contributed by atoms with E-state index in [2.05, 4.69) is 9.98 Å². The van der Waals surface area contributed by atoms with E-state index in [4.69, 9.17) is 20.9 Å². The number of carbonyl (C=O) groups excluding carboxylic acids is 1. The molecule has 142 valence electrons. The van der Waals surface area contributed by atoms with Gasteiger partial charge in [0.2, 0.25) is 5.96 Å². The Hall–Kier alpha value is -2.06. The third-order valence-electron chi connectivity index (χ3n) is 3.96. The number of carbonyl (C=O) groups is 1. The molecule has 1 fully saturated rings. The van der Waals surface area contributed by atoms with Crippen molar-refractivity contribution < 1.29 is 14.3 Å². The molecule has 1 aliphatic rings. The minimum Gasteiger partial charge on any atom is -0.497 e. The smallest absolute Gasteiger partial charge is 0.264 e. The van der Waals surface area contributed by atoms with Crippen molar-refractivity contribution in [2.24, 2.45) is 21.5 Å². The standard InChI is InChI=1S/C18H26N4O3S/c1-18(2,26-14-7-9-25-10-8-14)16(23)22-17(20)21-15(19)12-5-4-6-13(11-12)24-3/h4-6,11,14H,7-10H2,1-3H3,(H4,19,20,21,22,23). The molecule has 7 nitrogen and oxygen atoms in total. The number of amidine groups is 1. The van der Waals surface area contributed by atoms with E-state index < -0.39 is 4.75 Å². The van der Waals surface area contributed by atoms with Crippen LogP contribution in [0.2, 0.25) is 0 Å². The molecular weight excluding hydrogens is 352 g/mol. The number of thioether (sulfide) groups is 1. The maximum atomic E-state index is 12.5.